The Balaban J connectivity index is 1.49. The molecule has 0 saturated carbocycles. The lowest BCUT2D eigenvalue weighted by Gasteiger charge is -2.30. The summed E-state index contributed by atoms with van der Waals surface area (Å²) in [5, 5.41) is 12.5. The molecule has 0 aliphatic carbocycles. The largest absolute Gasteiger partial charge is 0.320 e. The summed E-state index contributed by atoms with van der Waals surface area (Å²) >= 11 is 13.2. The number of amides is 1. The maximum absolute atomic E-state index is 13.1. The smallest absolute Gasteiger partial charge is 0.286 e. The van der Waals surface area contributed by atoms with Crippen LogP contribution >= 0.6 is 34.5 Å². The molecule has 0 bridgehead atoms. The minimum Gasteiger partial charge on any atom is -0.320 e. The summed E-state index contributed by atoms with van der Waals surface area (Å²) < 4.78 is 27.6. The van der Waals surface area contributed by atoms with Crippen LogP contribution in [-0.4, -0.2) is 41.9 Å². The van der Waals surface area contributed by atoms with Gasteiger partial charge in [-0.25, -0.2) is 8.42 Å². The fourth-order valence-corrected chi connectivity index (χ4v) is 6.47. The summed E-state index contributed by atoms with van der Waals surface area (Å²) in [6, 6.07) is 13.2. The fraction of sp³-hybridized carbons (Fsp3) is 0.250. The first-order valence-corrected chi connectivity index (χ1v) is 12.5. The van der Waals surface area contributed by atoms with Crippen LogP contribution in [0.5, 0.6) is 0 Å². The van der Waals surface area contributed by atoms with Gasteiger partial charge in [-0.3, -0.25) is 4.79 Å². The highest BCUT2D eigenvalue weighted by Crippen LogP contribution is 2.33. The number of hydrogen-bond donors (Lipinski definition) is 1. The highest BCUT2D eigenvalue weighted by molar-refractivity contribution is 7.89. The summed E-state index contributed by atoms with van der Waals surface area (Å²) in [6.07, 6.45) is 1.44. The molecule has 11 heteroatoms. The number of piperidine rings is 1. The van der Waals surface area contributed by atoms with E-state index in [1.54, 1.807) is 42.5 Å². The zero-order chi connectivity index (χ0) is 22.0. The van der Waals surface area contributed by atoms with Crippen molar-refractivity contribution in [3.63, 3.8) is 0 Å². The van der Waals surface area contributed by atoms with Crippen LogP contribution in [0.4, 0.5) is 5.69 Å². The molecule has 1 atom stereocenters. The molecule has 7 nitrogen and oxygen atoms in total. The number of rotatable bonds is 5. The van der Waals surface area contributed by atoms with Crippen LogP contribution in [0.25, 0.3) is 0 Å². The molecule has 1 saturated heterocycles. The molecule has 1 aliphatic heterocycles. The van der Waals surface area contributed by atoms with E-state index in [2.05, 4.69) is 15.5 Å². The maximum Gasteiger partial charge on any atom is 0.286 e. The minimum atomic E-state index is -3.72. The molecule has 162 valence electrons. The number of benzene rings is 2. The number of aromatic nitrogens is 2. The quantitative estimate of drug-likeness (QED) is 0.554. The molecule has 1 fully saturated rings. The maximum atomic E-state index is 13.1. The average molecular weight is 497 g/mol. The molecule has 2 aromatic carbocycles. The number of nitrogens with zero attached hydrogens (tertiary/aromatic N) is 3. The molecule has 1 N–H and O–H groups in total. The first-order valence-electron chi connectivity index (χ1n) is 9.49. The predicted octanol–water partition coefficient (Wildman–Crippen LogP) is 4.67. The van der Waals surface area contributed by atoms with Gasteiger partial charge in [0.1, 0.15) is 9.90 Å². The number of anilines is 1. The molecule has 0 unspecified atom stereocenters. The number of hydrogen-bond acceptors (Lipinski definition) is 6. The van der Waals surface area contributed by atoms with Crippen LogP contribution in [0.15, 0.2) is 53.4 Å². The Labute approximate surface area is 194 Å². The summed E-state index contributed by atoms with van der Waals surface area (Å²) in [5.74, 6) is -0.529. The molecule has 0 radical (unpaired) electrons. The highest BCUT2D eigenvalue weighted by Gasteiger charge is 2.33. The Hall–Kier alpha value is -2.04. The zero-order valence-electron chi connectivity index (χ0n) is 16.2. The van der Waals surface area contributed by atoms with Gasteiger partial charge >= 0.3 is 0 Å². The lowest BCUT2D eigenvalue weighted by atomic mass is 10.0. The normalized spacial score (nSPS) is 17.4. The Bertz CT molecular complexity index is 1220. The van der Waals surface area contributed by atoms with Gasteiger partial charge in [0.05, 0.1) is 5.02 Å². The van der Waals surface area contributed by atoms with Crippen molar-refractivity contribution in [2.75, 3.05) is 18.4 Å². The SMILES string of the molecule is O=C(Nc1cccc(Cl)c1)c1nnc([C@@H]2CCCN(S(=O)(=O)c3ccccc3Cl)C2)s1. The predicted molar refractivity (Wildman–Crippen MR) is 122 cm³/mol. The lowest BCUT2D eigenvalue weighted by Crippen LogP contribution is -2.39. The van der Waals surface area contributed by atoms with E-state index in [9.17, 15) is 13.2 Å². The number of sulfonamides is 1. The average Bonchev–Trinajstić information content (AvgIpc) is 3.25. The van der Waals surface area contributed by atoms with E-state index in [0.717, 1.165) is 6.42 Å². The van der Waals surface area contributed by atoms with Gasteiger partial charge < -0.3 is 5.32 Å². The van der Waals surface area contributed by atoms with Crippen molar-refractivity contribution >= 4 is 56.2 Å². The molecule has 3 aromatic rings. The van der Waals surface area contributed by atoms with Crippen molar-refractivity contribution in [3.05, 3.63) is 68.6 Å². The van der Waals surface area contributed by atoms with Crippen LogP contribution in [0, 0.1) is 0 Å². The van der Waals surface area contributed by atoms with Gasteiger partial charge in [0.25, 0.3) is 5.91 Å². The Kier molecular flexibility index (Phi) is 6.59. The Morgan fingerprint density at radius 3 is 2.71 bits per heavy atom. The van der Waals surface area contributed by atoms with Crippen molar-refractivity contribution < 1.29 is 13.2 Å². The minimum absolute atomic E-state index is 0.0937. The molecule has 1 aromatic heterocycles. The van der Waals surface area contributed by atoms with Crippen molar-refractivity contribution in [1.82, 2.24) is 14.5 Å². The second-order valence-corrected chi connectivity index (χ2v) is 10.8. The zero-order valence-corrected chi connectivity index (χ0v) is 19.3. The van der Waals surface area contributed by atoms with Gasteiger partial charge in [0.15, 0.2) is 0 Å². The van der Waals surface area contributed by atoms with E-state index in [-0.39, 0.29) is 33.3 Å². The van der Waals surface area contributed by atoms with Crippen LogP contribution in [0.3, 0.4) is 0 Å². The molecule has 31 heavy (non-hydrogen) atoms. The molecule has 1 amide bonds. The first kappa shape index (κ1) is 22.2. The van der Waals surface area contributed by atoms with E-state index in [4.69, 9.17) is 23.2 Å². The van der Waals surface area contributed by atoms with Gasteiger partial charge in [0.2, 0.25) is 15.0 Å². The molecular weight excluding hydrogens is 479 g/mol. The molecule has 0 spiro atoms. The van der Waals surface area contributed by atoms with E-state index in [1.165, 1.54) is 21.7 Å². The van der Waals surface area contributed by atoms with Gasteiger partial charge in [0, 0.05) is 29.7 Å². The highest BCUT2D eigenvalue weighted by atomic mass is 35.5. The van der Waals surface area contributed by atoms with Crippen molar-refractivity contribution in [3.8, 4) is 0 Å². The number of carbonyl (C=O) groups excluding carboxylic acids is 1. The van der Waals surface area contributed by atoms with Gasteiger partial charge in [-0.2, -0.15) is 4.31 Å². The molecular formula is C20H18Cl2N4O3S2. The van der Waals surface area contributed by atoms with Crippen molar-refractivity contribution in [1.29, 1.82) is 0 Å². The van der Waals surface area contributed by atoms with E-state index in [0.29, 0.717) is 28.7 Å². The van der Waals surface area contributed by atoms with E-state index in [1.807, 2.05) is 0 Å². The monoisotopic (exact) mass is 496 g/mol. The summed E-state index contributed by atoms with van der Waals surface area (Å²) in [7, 11) is -3.72. The lowest BCUT2D eigenvalue weighted by molar-refractivity contribution is 0.102. The van der Waals surface area contributed by atoms with Gasteiger partial charge in [-0.1, -0.05) is 52.7 Å². The van der Waals surface area contributed by atoms with E-state index < -0.39 is 10.0 Å². The standard InChI is InChI=1S/C20H18Cl2N4O3S2/c21-14-6-3-7-15(11-14)23-18(27)20-25-24-19(30-20)13-5-4-10-26(12-13)31(28,29)17-9-2-1-8-16(17)22/h1-3,6-9,11,13H,4-5,10,12H2,(H,23,27)/t13-/m1/s1. The third kappa shape index (κ3) is 4.91. The molecule has 1 aliphatic rings. The van der Waals surface area contributed by atoms with Crippen molar-refractivity contribution in [2.45, 2.75) is 23.7 Å². The van der Waals surface area contributed by atoms with Gasteiger partial charge in [-0.05, 0) is 43.2 Å². The number of carbonyl (C=O) groups is 1. The first-order chi connectivity index (χ1) is 14.8. The Morgan fingerprint density at radius 2 is 1.94 bits per heavy atom. The second-order valence-electron chi connectivity index (χ2n) is 7.04. The topological polar surface area (TPSA) is 92.3 Å². The van der Waals surface area contributed by atoms with Gasteiger partial charge in [-0.15, -0.1) is 10.2 Å². The third-order valence-electron chi connectivity index (χ3n) is 4.91. The van der Waals surface area contributed by atoms with Crippen LogP contribution < -0.4 is 5.32 Å². The summed E-state index contributed by atoms with van der Waals surface area (Å²) in [4.78, 5) is 12.6. The summed E-state index contributed by atoms with van der Waals surface area (Å²) in [6.45, 7) is 0.670. The fourth-order valence-electron chi connectivity index (χ4n) is 3.40. The van der Waals surface area contributed by atoms with Crippen LogP contribution in [-0.2, 0) is 10.0 Å². The van der Waals surface area contributed by atoms with Crippen molar-refractivity contribution in [2.24, 2.45) is 0 Å². The molecule has 4 rings (SSSR count). The second kappa shape index (κ2) is 9.22. The Morgan fingerprint density at radius 1 is 1.13 bits per heavy atom. The van der Waals surface area contributed by atoms with Crippen LogP contribution in [0.2, 0.25) is 10.0 Å². The number of nitrogens with one attached hydrogen (secondary N) is 1. The van der Waals surface area contributed by atoms with Crippen LogP contribution in [0.1, 0.15) is 33.6 Å². The number of halogens is 2. The summed E-state index contributed by atoms with van der Waals surface area (Å²) in [5.41, 5.74) is 0.559. The molecule has 2 heterocycles. The third-order valence-corrected chi connectivity index (χ3v) is 8.59. The van der Waals surface area contributed by atoms with E-state index >= 15 is 0 Å².